The van der Waals surface area contributed by atoms with Crippen molar-refractivity contribution in [2.75, 3.05) is 44.2 Å². The van der Waals surface area contributed by atoms with Gasteiger partial charge in [-0.15, -0.1) is 11.3 Å². The predicted octanol–water partition coefficient (Wildman–Crippen LogP) is 2.85. The summed E-state index contributed by atoms with van der Waals surface area (Å²) in [6, 6.07) is 9.92. The number of benzene rings is 1. The average Bonchev–Trinajstić information content (AvgIpc) is 3.49. The highest BCUT2D eigenvalue weighted by Gasteiger charge is 2.40. The highest BCUT2D eigenvalue weighted by molar-refractivity contribution is 7.09. The largest absolute Gasteiger partial charge is 0.376 e. The normalized spacial score (nSPS) is 22.6. The summed E-state index contributed by atoms with van der Waals surface area (Å²) in [6.45, 7) is 5.66. The Balaban J connectivity index is 1.31. The number of hydrogen-bond donors (Lipinski definition) is 0. The number of rotatable bonds is 5. The summed E-state index contributed by atoms with van der Waals surface area (Å²) in [6.07, 6.45) is 1.88. The minimum absolute atomic E-state index is 0.0264. The molecule has 0 spiro atoms. The number of ether oxygens (including phenoxy) is 1. The second-order valence-electron chi connectivity index (χ2n) is 7.90. The fraction of sp³-hybridized carbons (Fsp3) is 0.455. The van der Waals surface area contributed by atoms with Gasteiger partial charge in [-0.3, -0.25) is 19.4 Å². The molecule has 0 N–H and O–H groups in total. The summed E-state index contributed by atoms with van der Waals surface area (Å²) in [5, 5.41) is 2.11. The van der Waals surface area contributed by atoms with Gasteiger partial charge in [-0.25, -0.2) is 0 Å². The number of hydrogen-bond acceptors (Lipinski definition) is 6. The van der Waals surface area contributed by atoms with Gasteiger partial charge in [0.25, 0.3) is 11.8 Å². The van der Waals surface area contributed by atoms with Crippen molar-refractivity contribution < 1.29 is 14.3 Å². The van der Waals surface area contributed by atoms with Crippen LogP contribution in [0.2, 0.25) is 0 Å². The molecule has 7 heteroatoms. The molecule has 6 nitrogen and oxygen atoms in total. The molecule has 3 aliphatic heterocycles. The second-order valence-corrected chi connectivity index (χ2v) is 8.93. The van der Waals surface area contributed by atoms with E-state index < -0.39 is 0 Å². The minimum Gasteiger partial charge on any atom is -0.376 e. The first-order valence-corrected chi connectivity index (χ1v) is 11.2. The number of amides is 2. The number of carbonyl (C=O) groups excluding carboxylic acids is 2. The van der Waals surface area contributed by atoms with E-state index in [4.69, 9.17) is 4.74 Å². The first kappa shape index (κ1) is 18.8. The van der Waals surface area contributed by atoms with Crippen molar-refractivity contribution in [1.82, 2.24) is 9.80 Å². The molecular formula is C22H25N3O3S. The summed E-state index contributed by atoms with van der Waals surface area (Å²) >= 11 is 1.79. The molecule has 0 saturated carbocycles. The molecule has 4 heterocycles. The molecule has 5 rings (SSSR count). The Morgan fingerprint density at radius 2 is 1.90 bits per heavy atom. The summed E-state index contributed by atoms with van der Waals surface area (Å²) in [4.78, 5) is 33.5. The lowest BCUT2D eigenvalue weighted by Gasteiger charge is -2.36. The van der Waals surface area contributed by atoms with Gasteiger partial charge >= 0.3 is 0 Å². The first-order valence-electron chi connectivity index (χ1n) is 10.3. The molecule has 2 fully saturated rings. The fourth-order valence-electron chi connectivity index (χ4n) is 4.51. The molecule has 2 saturated heterocycles. The maximum absolute atomic E-state index is 13.1. The SMILES string of the molecule is O=C1c2cccc(N3CCN(Cc4cccs4)CC3)c2C(=O)N1CC1CCCO1. The highest BCUT2D eigenvalue weighted by atomic mass is 32.1. The van der Waals surface area contributed by atoms with Crippen LogP contribution < -0.4 is 4.90 Å². The number of nitrogens with zero attached hydrogens (tertiary/aromatic N) is 3. The molecule has 29 heavy (non-hydrogen) atoms. The van der Waals surface area contributed by atoms with Crippen LogP contribution in [0.25, 0.3) is 0 Å². The van der Waals surface area contributed by atoms with E-state index in [1.54, 1.807) is 17.4 Å². The zero-order valence-electron chi connectivity index (χ0n) is 16.4. The van der Waals surface area contributed by atoms with Gasteiger partial charge in [0.2, 0.25) is 0 Å². The molecule has 1 aromatic carbocycles. The summed E-state index contributed by atoms with van der Waals surface area (Å²) in [7, 11) is 0. The molecule has 0 radical (unpaired) electrons. The van der Waals surface area contributed by atoms with Crippen molar-refractivity contribution in [2.45, 2.75) is 25.5 Å². The highest BCUT2D eigenvalue weighted by Crippen LogP contribution is 2.33. The van der Waals surface area contributed by atoms with Gasteiger partial charge < -0.3 is 9.64 Å². The van der Waals surface area contributed by atoms with Gasteiger partial charge in [-0.1, -0.05) is 12.1 Å². The van der Waals surface area contributed by atoms with Crippen molar-refractivity contribution in [3.05, 3.63) is 51.7 Å². The molecular weight excluding hydrogens is 386 g/mol. The van der Waals surface area contributed by atoms with Gasteiger partial charge in [0.1, 0.15) is 0 Å². The number of fused-ring (bicyclic) bond motifs is 1. The summed E-state index contributed by atoms with van der Waals surface area (Å²) in [5.74, 6) is -0.351. The van der Waals surface area contributed by atoms with E-state index in [2.05, 4.69) is 27.3 Å². The number of thiophene rings is 1. The molecule has 2 aromatic rings. The van der Waals surface area contributed by atoms with E-state index in [0.29, 0.717) is 17.7 Å². The smallest absolute Gasteiger partial charge is 0.263 e. The molecule has 0 aliphatic carbocycles. The van der Waals surface area contributed by atoms with Crippen molar-refractivity contribution in [3.63, 3.8) is 0 Å². The van der Waals surface area contributed by atoms with E-state index in [9.17, 15) is 9.59 Å². The maximum atomic E-state index is 13.1. The standard InChI is InChI=1S/C22H25N3O3S/c26-21-18-6-1-7-19(20(18)22(27)25(21)14-16-4-2-12-28-16)24-10-8-23(9-11-24)15-17-5-3-13-29-17/h1,3,5-7,13,16H,2,4,8-12,14-15H2. The Morgan fingerprint density at radius 3 is 2.62 bits per heavy atom. The Morgan fingerprint density at radius 1 is 1.03 bits per heavy atom. The first-order chi connectivity index (χ1) is 14.2. The Hall–Kier alpha value is -2.22. The third-order valence-electron chi connectivity index (χ3n) is 6.06. The van der Waals surface area contributed by atoms with E-state index in [0.717, 1.165) is 57.9 Å². The second kappa shape index (κ2) is 7.89. The number of imide groups is 1. The Labute approximate surface area is 174 Å². The topological polar surface area (TPSA) is 53.1 Å². The zero-order valence-corrected chi connectivity index (χ0v) is 17.2. The molecule has 1 aromatic heterocycles. The van der Waals surface area contributed by atoms with Crippen LogP contribution in [0.4, 0.5) is 5.69 Å². The lowest BCUT2D eigenvalue weighted by Crippen LogP contribution is -2.46. The third-order valence-corrected chi connectivity index (χ3v) is 6.92. The summed E-state index contributed by atoms with van der Waals surface area (Å²) < 4.78 is 5.65. The zero-order chi connectivity index (χ0) is 19.8. The van der Waals surface area contributed by atoms with Crippen LogP contribution in [-0.4, -0.2) is 67.0 Å². The maximum Gasteiger partial charge on any atom is 0.263 e. The summed E-state index contributed by atoms with van der Waals surface area (Å²) in [5.41, 5.74) is 2.00. The van der Waals surface area contributed by atoms with Gasteiger partial charge in [-0.2, -0.15) is 0 Å². The molecule has 0 bridgehead atoms. The van der Waals surface area contributed by atoms with E-state index >= 15 is 0 Å². The average molecular weight is 412 g/mol. The van der Waals surface area contributed by atoms with Crippen LogP contribution in [0.3, 0.4) is 0 Å². The molecule has 2 amide bonds. The Kier molecular flexibility index (Phi) is 5.11. The van der Waals surface area contributed by atoms with Crippen LogP contribution in [0.1, 0.15) is 38.4 Å². The minimum atomic E-state index is -0.182. The van der Waals surface area contributed by atoms with Gasteiger partial charge in [0.05, 0.1) is 29.5 Å². The van der Waals surface area contributed by atoms with E-state index in [1.807, 2.05) is 12.1 Å². The van der Waals surface area contributed by atoms with Gasteiger partial charge in [0.15, 0.2) is 0 Å². The molecule has 152 valence electrons. The van der Waals surface area contributed by atoms with Crippen molar-refractivity contribution in [3.8, 4) is 0 Å². The quantitative estimate of drug-likeness (QED) is 0.709. The van der Waals surface area contributed by atoms with Crippen LogP contribution in [-0.2, 0) is 11.3 Å². The van der Waals surface area contributed by atoms with E-state index in [1.165, 1.54) is 9.78 Å². The van der Waals surface area contributed by atoms with Crippen LogP contribution in [0, 0.1) is 0 Å². The van der Waals surface area contributed by atoms with Crippen LogP contribution >= 0.6 is 11.3 Å². The van der Waals surface area contributed by atoms with Crippen molar-refractivity contribution in [2.24, 2.45) is 0 Å². The van der Waals surface area contributed by atoms with Gasteiger partial charge in [-0.05, 0) is 36.4 Å². The Bertz CT molecular complexity index is 900. The van der Waals surface area contributed by atoms with Gasteiger partial charge in [0, 0.05) is 44.2 Å². The molecule has 1 atom stereocenters. The molecule has 1 unspecified atom stereocenters. The number of piperazine rings is 1. The number of anilines is 1. The molecule has 3 aliphatic rings. The third kappa shape index (κ3) is 3.58. The van der Waals surface area contributed by atoms with E-state index in [-0.39, 0.29) is 17.9 Å². The lowest BCUT2D eigenvalue weighted by atomic mass is 10.1. The monoisotopic (exact) mass is 411 g/mol. The fourth-order valence-corrected chi connectivity index (χ4v) is 5.25. The van der Waals surface area contributed by atoms with Crippen molar-refractivity contribution in [1.29, 1.82) is 0 Å². The predicted molar refractivity (Wildman–Crippen MR) is 113 cm³/mol. The lowest BCUT2D eigenvalue weighted by molar-refractivity contribution is 0.0475. The van der Waals surface area contributed by atoms with Crippen LogP contribution in [0.15, 0.2) is 35.7 Å². The van der Waals surface area contributed by atoms with Crippen molar-refractivity contribution >= 4 is 28.8 Å². The van der Waals surface area contributed by atoms with Crippen LogP contribution in [0.5, 0.6) is 0 Å². The number of carbonyl (C=O) groups is 2.